The summed E-state index contributed by atoms with van der Waals surface area (Å²) in [7, 11) is 4.72. The zero-order valence-electron chi connectivity index (χ0n) is 15.8. The van der Waals surface area contributed by atoms with Gasteiger partial charge in [0.1, 0.15) is 6.54 Å². The van der Waals surface area contributed by atoms with E-state index < -0.39 is 11.2 Å². The number of hydrogen-bond acceptors (Lipinski definition) is 6. The molecule has 0 spiro atoms. The zero-order valence-corrected chi connectivity index (χ0v) is 15.8. The van der Waals surface area contributed by atoms with Crippen molar-refractivity contribution in [2.45, 2.75) is 13.5 Å². The van der Waals surface area contributed by atoms with Crippen LogP contribution in [0.15, 0.2) is 28.2 Å². The lowest BCUT2D eigenvalue weighted by molar-refractivity contribution is -0.116. The van der Waals surface area contributed by atoms with Gasteiger partial charge in [-0.1, -0.05) is 0 Å². The van der Waals surface area contributed by atoms with Gasteiger partial charge in [-0.25, -0.2) is 14.8 Å². The van der Waals surface area contributed by atoms with Crippen molar-refractivity contribution in [3.05, 3.63) is 45.1 Å². The number of aryl methyl sites for hydroxylation is 3. The summed E-state index contributed by atoms with van der Waals surface area (Å²) in [4.78, 5) is 45.4. The second-order valence-corrected chi connectivity index (χ2v) is 6.60. The monoisotopic (exact) mass is 382 g/mol. The number of carbonyl (C=O) groups is 1. The Balaban J connectivity index is 1.65. The summed E-state index contributed by atoms with van der Waals surface area (Å²) in [6.07, 6.45) is 2.92. The molecule has 0 atom stereocenters. The molecule has 0 saturated carbocycles. The summed E-state index contributed by atoms with van der Waals surface area (Å²) < 4.78 is 5.36. The van der Waals surface area contributed by atoms with E-state index >= 15 is 0 Å². The Morgan fingerprint density at radius 2 is 1.86 bits per heavy atom. The first kappa shape index (κ1) is 17.6. The molecular weight excluding hydrogens is 364 g/mol. The van der Waals surface area contributed by atoms with E-state index in [1.54, 1.807) is 24.0 Å². The average molecular weight is 382 g/mol. The van der Waals surface area contributed by atoms with Crippen LogP contribution in [-0.2, 0) is 32.5 Å². The molecule has 144 valence electrons. The van der Waals surface area contributed by atoms with E-state index in [1.165, 1.54) is 29.6 Å². The number of nitrogens with zero attached hydrogens (tertiary/aromatic N) is 7. The minimum atomic E-state index is -0.502. The maximum Gasteiger partial charge on any atom is 0.332 e. The molecule has 4 aromatic heterocycles. The molecule has 11 nitrogen and oxygen atoms in total. The molecule has 0 aliphatic rings. The minimum absolute atomic E-state index is 0.131. The predicted octanol–water partition coefficient (Wildman–Crippen LogP) is -0.337. The summed E-state index contributed by atoms with van der Waals surface area (Å²) in [5.74, 6) is -0.349. The van der Waals surface area contributed by atoms with Crippen molar-refractivity contribution in [2.75, 3.05) is 5.32 Å². The van der Waals surface area contributed by atoms with E-state index in [2.05, 4.69) is 20.4 Å². The number of imidazole rings is 1. The Kier molecular flexibility index (Phi) is 3.87. The van der Waals surface area contributed by atoms with Crippen LogP contribution in [0, 0.1) is 6.92 Å². The Hall–Kier alpha value is -3.76. The van der Waals surface area contributed by atoms with Gasteiger partial charge in [0.05, 0.1) is 23.9 Å². The van der Waals surface area contributed by atoms with E-state index in [9.17, 15) is 14.4 Å². The fourth-order valence-electron chi connectivity index (χ4n) is 3.25. The topological polar surface area (TPSA) is 122 Å². The van der Waals surface area contributed by atoms with Gasteiger partial charge in [0.2, 0.25) is 5.91 Å². The van der Waals surface area contributed by atoms with Gasteiger partial charge in [0.25, 0.3) is 5.56 Å². The van der Waals surface area contributed by atoms with Gasteiger partial charge >= 0.3 is 5.69 Å². The van der Waals surface area contributed by atoms with Gasteiger partial charge < -0.3 is 9.88 Å². The first-order valence-corrected chi connectivity index (χ1v) is 8.48. The van der Waals surface area contributed by atoms with E-state index in [-0.39, 0.29) is 23.6 Å². The summed E-state index contributed by atoms with van der Waals surface area (Å²) in [6, 6.07) is 1.80. The third kappa shape index (κ3) is 2.59. The van der Waals surface area contributed by atoms with Crippen LogP contribution < -0.4 is 16.6 Å². The summed E-state index contributed by atoms with van der Waals surface area (Å²) >= 11 is 0. The molecule has 0 aromatic carbocycles. The highest BCUT2D eigenvalue weighted by Gasteiger charge is 2.16. The molecule has 4 rings (SSSR count). The van der Waals surface area contributed by atoms with E-state index in [1.807, 2.05) is 6.92 Å². The third-order valence-electron chi connectivity index (χ3n) is 4.68. The van der Waals surface area contributed by atoms with Crippen LogP contribution >= 0.6 is 0 Å². The quantitative estimate of drug-likeness (QED) is 0.517. The van der Waals surface area contributed by atoms with Crippen molar-refractivity contribution >= 4 is 33.8 Å². The Labute approximate surface area is 157 Å². The highest BCUT2D eigenvalue weighted by Crippen LogP contribution is 2.19. The molecule has 1 amide bonds. The molecule has 0 fully saturated rings. The van der Waals surface area contributed by atoms with Gasteiger partial charge in [-0.05, 0) is 13.0 Å². The van der Waals surface area contributed by atoms with Crippen LogP contribution in [0.3, 0.4) is 0 Å². The van der Waals surface area contributed by atoms with Crippen LogP contribution in [0.25, 0.3) is 22.2 Å². The number of rotatable bonds is 3. The second-order valence-electron chi connectivity index (χ2n) is 6.60. The lowest BCUT2D eigenvalue weighted by atomic mass is 10.2. The molecule has 0 bridgehead atoms. The van der Waals surface area contributed by atoms with Crippen molar-refractivity contribution < 1.29 is 4.79 Å². The van der Waals surface area contributed by atoms with Crippen LogP contribution in [0.1, 0.15) is 5.69 Å². The summed E-state index contributed by atoms with van der Waals surface area (Å²) in [6.45, 7) is 1.74. The number of pyridine rings is 1. The smallest absolute Gasteiger partial charge is 0.323 e. The second kappa shape index (κ2) is 6.15. The minimum Gasteiger partial charge on any atom is -0.323 e. The molecule has 0 unspecified atom stereocenters. The molecule has 0 aliphatic carbocycles. The van der Waals surface area contributed by atoms with Crippen LogP contribution in [0.5, 0.6) is 0 Å². The van der Waals surface area contributed by atoms with Gasteiger partial charge in [-0.3, -0.25) is 23.4 Å². The maximum atomic E-state index is 12.5. The molecule has 0 aliphatic heterocycles. The fraction of sp³-hybridized carbons (Fsp3) is 0.294. The number of carbonyl (C=O) groups excluding carboxylic acids is 1. The molecule has 4 aromatic rings. The normalized spacial score (nSPS) is 11.4. The summed E-state index contributed by atoms with van der Waals surface area (Å²) in [5.41, 5.74) is 1.51. The van der Waals surface area contributed by atoms with Crippen molar-refractivity contribution in [1.29, 1.82) is 0 Å². The van der Waals surface area contributed by atoms with Crippen molar-refractivity contribution in [1.82, 2.24) is 33.4 Å². The van der Waals surface area contributed by atoms with Crippen molar-refractivity contribution in [2.24, 2.45) is 21.1 Å². The van der Waals surface area contributed by atoms with Gasteiger partial charge in [-0.15, -0.1) is 0 Å². The standard InChI is InChI=1S/C17H18N8O3/c1-9-11-5-10(6-18-14(11)24(4)21-9)20-12(26)7-25-8-19-15-13(25)16(27)23(3)17(28)22(15)2/h5-6,8H,7H2,1-4H3,(H,20,26). The van der Waals surface area contributed by atoms with E-state index in [0.717, 1.165) is 21.3 Å². The first-order valence-electron chi connectivity index (χ1n) is 8.48. The number of hydrogen-bond donors (Lipinski definition) is 1. The SMILES string of the molecule is Cc1nn(C)c2ncc(NC(=O)Cn3cnc4c3c(=O)n(C)c(=O)n4C)cc12. The van der Waals surface area contributed by atoms with E-state index in [4.69, 9.17) is 0 Å². The molecular formula is C17H18N8O3. The van der Waals surface area contributed by atoms with E-state index in [0.29, 0.717) is 5.69 Å². The van der Waals surface area contributed by atoms with Crippen LogP contribution in [-0.4, -0.2) is 39.4 Å². The molecule has 0 radical (unpaired) electrons. The van der Waals surface area contributed by atoms with Gasteiger partial charge in [0.15, 0.2) is 16.8 Å². The number of amides is 1. The van der Waals surface area contributed by atoms with Crippen molar-refractivity contribution in [3.63, 3.8) is 0 Å². The number of anilines is 1. The largest absolute Gasteiger partial charge is 0.332 e. The fourth-order valence-corrected chi connectivity index (χ4v) is 3.25. The number of aromatic nitrogens is 7. The zero-order chi connectivity index (χ0) is 20.2. The molecule has 0 saturated heterocycles. The van der Waals surface area contributed by atoms with Crippen molar-refractivity contribution in [3.8, 4) is 0 Å². The molecule has 28 heavy (non-hydrogen) atoms. The predicted molar refractivity (Wildman–Crippen MR) is 102 cm³/mol. The maximum absolute atomic E-state index is 12.5. The third-order valence-corrected chi connectivity index (χ3v) is 4.68. The first-order chi connectivity index (χ1) is 13.3. The van der Waals surface area contributed by atoms with Gasteiger partial charge in [0, 0.05) is 26.5 Å². The lowest BCUT2D eigenvalue weighted by Gasteiger charge is -2.08. The van der Waals surface area contributed by atoms with Gasteiger partial charge in [-0.2, -0.15) is 5.10 Å². The van der Waals surface area contributed by atoms with Crippen LogP contribution in [0.2, 0.25) is 0 Å². The Morgan fingerprint density at radius 3 is 2.61 bits per heavy atom. The highest BCUT2D eigenvalue weighted by molar-refractivity contribution is 5.93. The Bertz CT molecular complexity index is 1370. The number of fused-ring (bicyclic) bond motifs is 2. The Morgan fingerprint density at radius 1 is 1.11 bits per heavy atom. The van der Waals surface area contributed by atoms with Crippen LogP contribution in [0.4, 0.5) is 5.69 Å². The molecule has 1 N–H and O–H groups in total. The number of nitrogens with one attached hydrogen (secondary N) is 1. The molecule has 11 heteroatoms. The average Bonchev–Trinajstić information content (AvgIpc) is 3.19. The highest BCUT2D eigenvalue weighted by atomic mass is 16.2. The molecule has 4 heterocycles. The lowest BCUT2D eigenvalue weighted by Crippen LogP contribution is -2.37. The summed E-state index contributed by atoms with van der Waals surface area (Å²) in [5, 5.41) is 7.92.